The van der Waals surface area contributed by atoms with E-state index in [-0.39, 0.29) is 5.92 Å². The summed E-state index contributed by atoms with van der Waals surface area (Å²) in [6.45, 7) is 4.20. The van der Waals surface area contributed by atoms with Crippen LogP contribution in [0.4, 0.5) is 0 Å². The lowest BCUT2D eigenvalue weighted by atomic mass is 9.93. The average molecular weight is 208 g/mol. The molecule has 0 aliphatic rings. The van der Waals surface area contributed by atoms with Gasteiger partial charge in [-0.05, 0) is 18.4 Å². The standard InChI is InChI=1S/C13H20O2/c1-4-7-10(2)13(14)11-8-5-6-9-12(11)15-3/h5-6,8-10,13-14H,4,7H2,1-3H3/t10-,13?/m0/s1. The first-order valence-corrected chi connectivity index (χ1v) is 5.51. The molecule has 0 saturated heterocycles. The van der Waals surface area contributed by atoms with Crippen molar-refractivity contribution in [1.82, 2.24) is 0 Å². The third kappa shape index (κ3) is 2.96. The molecule has 0 fully saturated rings. The van der Waals surface area contributed by atoms with Crippen molar-refractivity contribution in [1.29, 1.82) is 0 Å². The maximum atomic E-state index is 10.2. The van der Waals surface area contributed by atoms with Gasteiger partial charge in [0.25, 0.3) is 0 Å². The largest absolute Gasteiger partial charge is 0.496 e. The zero-order valence-corrected chi connectivity index (χ0v) is 9.73. The van der Waals surface area contributed by atoms with E-state index in [1.165, 1.54) is 0 Å². The first kappa shape index (κ1) is 12.1. The molecule has 1 N–H and O–H groups in total. The summed E-state index contributed by atoms with van der Waals surface area (Å²) in [7, 11) is 1.63. The van der Waals surface area contributed by atoms with Crippen molar-refractivity contribution in [3.8, 4) is 5.75 Å². The number of hydrogen-bond acceptors (Lipinski definition) is 2. The number of methoxy groups -OCH3 is 1. The van der Waals surface area contributed by atoms with Gasteiger partial charge in [0, 0.05) is 5.56 Å². The van der Waals surface area contributed by atoms with E-state index in [0.717, 1.165) is 24.2 Å². The number of aliphatic hydroxyl groups is 1. The van der Waals surface area contributed by atoms with E-state index >= 15 is 0 Å². The van der Waals surface area contributed by atoms with Crippen molar-refractivity contribution in [2.75, 3.05) is 7.11 Å². The average Bonchev–Trinajstić information content (AvgIpc) is 2.28. The Balaban J connectivity index is 2.84. The molecule has 0 radical (unpaired) electrons. The molecule has 1 aromatic rings. The first-order chi connectivity index (χ1) is 7.20. The van der Waals surface area contributed by atoms with Crippen LogP contribution in [0.5, 0.6) is 5.75 Å². The summed E-state index contributed by atoms with van der Waals surface area (Å²) >= 11 is 0. The van der Waals surface area contributed by atoms with Crippen LogP contribution in [-0.2, 0) is 0 Å². The van der Waals surface area contributed by atoms with Gasteiger partial charge in [-0.25, -0.2) is 0 Å². The van der Waals surface area contributed by atoms with Crippen LogP contribution in [0.1, 0.15) is 38.4 Å². The quantitative estimate of drug-likeness (QED) is 0.805. The molecule has 2 nitrogen and oxygen atoms in total. The van der Waals surface area contributed by atoms with Crippen molar-refractivity contribution in [3.05, 3.63) is 29.8 Å². The molecule has 84 valence electrons. The summed E-state index contributed by atoms with van der Waals surface area (Å²) < 4.78 is 5.23. The number of rotatable bonds is 5. The van der Waals surface area contributed by atoms with E-state index in [0.29, 0.717) is 0 Å². The SMILES string of the molecule is CCC[C@H](C)C(O)c1ccccc1OC. The van der Waals surface area contributed by atoms with Crippen LogP contribution in [0.25, 0.3) is 0 Å². The number of ether oxygens (including phenoxy) is 1. The van der Waals surface area contributed by atoms with Gasteiger partial charge in [-0.1, -0.05) is 38.5 Å². The minimum atomic E-state index is -0.430. The monoisotopic (exact) mass is 208 g/mol. The molecule has 2 heteroatoms. The third-order valence-electron chi connectivity index (χ3n) is 2.74. The molecule has 0 bridgehead atoms. The van der Waals surface area contributed by atoms with Crippen molar-refractivity contribution < 1.29 is 9.84 Å². The highest BCUT2D eigenvalue weighted by molar-refractivity contribution is 5.35. The fourth-order valence-electron chi connectivity index (χ4n) is 1.83. The molecule has 1 unspecified atom stereocenters. The van der Waals surface area contributed by atoms with Crippen LogP contribution >= 0.6 is 0 Å². The Morgan fingerprint density at radius 1 is 1.33 bits per heavy atom. The fourth-order valence-corrected chi connectivity index (χ4v) is 1.83. The highest BCUT2D eigenvalue weighted by Gasteiger charge is 2.18. The Hall–Kier alpha value is -1.02. The summed E-state index contributed by atoms with van der Waals surface area (Å²) in [5.41, 5.74) is 0.890. The number of hydrogen-bond donors (Lipinski definition) is 1. The smallest absolute Gasteiger partial charge is 0.124 e. The minimum absolute atomic E-state index is 0.270. The van der Waals surface area contributed by atoms with Crippen molar-refractivity contribution in [2.45, 2.75) is 32.8 Å². The topological polar surface area (TPSA) is 29.5 Å². The molecule has 0 aromatic heterocycles. The van der Waals surface area contributed by atoms with Crippen LogP contribution in [0, 0.1) is 5.92 Å². The predicted octanol–water partition coefficient (Wildman–Crippen LogP) is 3.16. The summed E-state index contributed by atoms with van der Waals surface area (Å²) in [5.74, 6) is 1.04. The lowest BCUT2D eigenvalue weighted by Crippen LogP contribution is -2.10. The second-order valence-corrected chi connectivity index (χ2v) is 3.95. The Morgan fingerprint density at radius 3 is 2.60 bits per heavy atom. The molecule has 0 aliphatic heterocycles. The predicted molar refractivity (Wildman–Crippen MR) is 62.0 cm³/mol. The molecule has 1 aromatic carbocycles. The first-order valence-electron chi connectivity index (χ1n) is 5.51. The van der Waals surface area contributed by atoms with Gasteiger partial charge in [-0.2, -0.15) is 0 Å². The Kier molecular flexibility index (Phi) is 4.63. The maximum absolute atomic E-state index is 10.2. The second kappa shape index (κ2) is 5.76. The van der Waals surface area contributed by atoms with E-state index in [2.05, 4.69) is 13.8 Å². The molecular weight excluding hydrogens is 188 g/mol. The van der Waals surface area contributed by atoms with Crippen LogP contribution in [0.3, 0.4) is 0 Å². The molecule has 0 saturated carbocycles. The number of para-hydroxylation sites is 1. The summed E-state index contributed by atoms with van der Waals surface area (Å²) in [6.07, 6.45) is 1.69. The molecule has 1 rings (SSSR count). The van der Waals surface area contributed by atoms with Crippen molar-refractivity contribution >= 4 is 0 Å². The molecule has 15 heavy (non-hydrogen) atoms. The molecule has 0 amide bonds. The van der Waals surface area contributed by atoms with Gasteiger partial charge in [0.05, 0.1) is 13.2 Å². The van der Waals surface area contributed by atoms with Gasteiger partial charge < -0.3 is 9.84 Å². The third-order valence-corrected chi connectivity index (χ3v) is 2.74. The highest BCUT2D eigenvalue weighted by Crippen LogP contribution is 2.31. The van der Waals surface area contributed by atoms with Crippen LogP contribution in [-0.4, -0.2) is 12.2 Å². The van der Waals surface area contributed by atoms with E-state index in [1.54, 1.807) is 7.11 Å². The van der Waals surface area contributed by atoms with Crippen molar-refractivity contribution in [3.63, 3.8) is 0 Å². The number of benzene rings is 1. The van der Waals surface area contributed by atoms with Gasteiger partial charge in [-0.3, -0.25) is 0 Å². The van der Waals surface area contributed by atoms with Crippen molar-refractivity contribution in [2.24, 2.45) is 5.92 Å². The second-order valence-electron chi connectivity index (χ2n) is 3.95. The summed E-state index contributed by atoms with van der Waals surface area (Å²) in [4.78, 5) is 0. The Labute approximate surface area is 91.9 Å². The van der Waals surface area contributed by atoms with Gasteiger partial charge in [0.15, 0.2) is 0 Å². The Bertz CT molecular complexity index is 296. The van der Waals surface area contributed by atoms with Gasteiger partial charge in [-0.15, -0.1) is 0 Å². The molecule has 2 atom stereocenters. The van der Waals surface area contributed by atoms with Crippen LogP contribution < -0.4 is 4.74 Å². The molecule has 0 aliphatic carbocycles. The summed E-state index contributed by atoms with van der Waals surface area (Å²) in [5, 5.41) is 10.2. The van der Waals surface area contributed by atoms with Crippen LogP contribution in [0.2, 0.25) is 0 Å². The minimum Gasteiger partial charge on any atom is -0.496 e. The zero-order chi connectivity index (χ0) is 11.3. The fraction of sp³-hybridized carbons (Fsp3) is 0.538. The van der Waals surface area contributed by atoms with E-state index in [9.17, 15) is 5.11 Å². The van der Waals surface area contributed by atoms with Crippen LogP contribution in [0.15, 0.2) is 24.3 Å². The lowest BCUT2D eigenvalue weighted by molar-refractivity contribution is 0.109. The summed E-state index contributed by atoms with van der Waals surface area (Å²) in [6, 6.07) is 7.66. The lowest BCUT2D eigenvalue weighted by Gasteiger charge is -2.20. The molecular formula is C13H20O2. The number of aliphatic hydroxyl groups excluding tert-OH is 1. The maximum Gasteiger partial charge on any atom is 0.124 e. The van der Waals surface area contributed by atoms with Gasteiger partial charge >= 0.3 is 0 Å². The highest BCUT2D eigenvalue weighted by atomic mass is 16.5. The van der Waals surface area contributed by atoms with Gasteiger partial charge in [0.2, 0.25) is 0 Å². The van der Waals surface area contributed by atoms with E-state index < -0.39 is 6.10 Å². The normalized spacial score (nSPS) is 14.7. The molecule has 0 spiro atoms. The Morgan fingerprint density at radius 2 is 2.00 bits per heavy atom. The zero-order valence-electron chi connectivity index (χ0n) is 9.73. The molecule has 0 heterocycles. The van der Waals surface area contributed by atoms with E-state index in [4.69, 9.17) is 4.74 Å². The van der Waals surface area contributed by atoms with E-state index in [1.807, 2.05) is 24.3 Å². The van der Waals surface area contributed by atoms with Gasteiger partial charge in [0.1, 0.15) is 5.75 Å².